The summed E-state index contributed by atoms with van der Waals surface area (Å²) in [4.78, 5) is 0. The molecule has 0 spiro atoms. The van der Waals surface area contributed by atoms with Crippen molar-refractivity contribution in [3.8, 4) is 0 Å². The molecule has 0 bridgehead atoms. The predicted octanol–water partition coefficient (Wildman–Crippen LogP) is -0.615. The van der Waals surface area contributed by atoms with Crippen LogP contribution in [-0.4, -0.2) is 51.6 Å². The molecule has 0 radical (unpaired) electrons. The highest BCUT2D eigenvalue weighted by atomic mass is 16.8. The van der Waals surface area contributed by atoms with Gasteiger partial charge in [-0.2, -0.15) is 0 Å². The van der Waals surface area contributed by atoms with Crippen molar-refractivity contribution >= 4 is 0 Å². The molecule has 88 valence electrons. The zero-order valence-electron chi connectivity index (χ0n) is 9.01. The minimum absolute atomic E-state index is 0.129. The molecule has 1 aliphatic carbocycles. The molecular weight excluding hydrogens is 200 g/mol. The lowest BCUT2D eigenvalue weighted by atomic mass is 9.80. The summed E-state index contributed by atoms with van der Waals surface area (Å²) in [6.07, 6.45) is -1.10. The molecule has 0 aromatic carbocycles. The number of rotatable bonds is 1. The van der Waals surface area contributed by atoms with Gasteiger partial charge in [-0.25, -0.2) is 0 Å². The second-order valence-corrected chi connectivity index (χ2v) is 5.00. The van der Waals surface area contributed by atoms with Crippen LogP contribution in [0.15, 0.2) is 0 Å². The number of hydrogen-bond acceptors (Lipinski definition) is 5. The minimum Gasteiger partial charge on any atom is -0.393 e. The van der Waals surface area contributed by atoms with Crippen LogP contribution in [0.1, 0.15) is 26.7 Å². The Morgan fingerprint density at radius 3 is 2.53 bits per heavy atom. The van der Waals surface area contributed by atoms with Crippen LogP contribution in [0.5, 0.6) is 0 Å². The van der Waals surface area contributed by atoms with Gasteiger partial charge < -0.3 is 24.8 Å². The first-order valence-electron chi connectivity index (χ1n) is 5.22. The van der Waals surface area contributed by atoms with Gasteiger partial charge in [0, 0.05) is 12.8 Å². The van der Waals surface area contributed by atoms with Crippen molar-refractivity contribution in [2.45, 2.75) is 56.4 Å². The lowest BCUT2D eigenvalue weighted by Gasteiger charge is -2.38. The van der Waals surface area contributed by atoms with E-state index in [1.807, 2.05) is 0 Å². The Hall–Kier alpha value is -0.200. The normalized spacial score (nSPS) is 49.0. The summed E-state index contributed by atoms with van der Waals surface area (Å²) in [5, 5.41) is 28.8. The average molecular weight is 218 g/mol. The van der Waals surface area contributed by atoms with Crippen LogP contribution >= 0.6 is 0 Å². The Balaban J connectivity index is 2.14. The molecule has 0 amide bonds. The molecule has 4 atom stereocenters. The molecule has 0 aromatic rings. The summed E-state index contributed by atoms with van der Waals surface area (Å²) in [6, 6.07) is 0. The Morgan fingerprint density at radius 2 is 1.93 bits per heavy atom. The van der Waals surface area contributed by atoms with Crippen LogP contribution < -0.4 is 0 Å². The SMILES string of the molecule is CC1(C)O[C@H]2[C@@H](O)C[C@@](O)(CO)C[C@H]2O1. The first-order chi connectivity index (χ1) is 6.85. The highest BCUT2D eigenvalue weighted by Gasteiger charge is 2.52. The fourth-order valence-electron chi connectivity index (χ4n) is 2.44. The molecule has 2 rings (SSSR count). The Morgan fingerprint density at radius 1 is 1.27 bits per heavy atom. The fourth-order valence-corrected chi connectivity index (χ4v) is 2.44. The van der Waals surface area contributed by atoms with Gasteiger partial charge in [0.2, 0.25) is 0 Å². The van der Waals surface area contributed by atoms with Crippen LogP contribution in [0.2, 0.25) is 0 Å². The second-order valence-electron chi connectivity index (χ2n) is 5.00. The number of hydrogen-bond donors (Lipinski definition) is 3. The van der Waals surface area contributed by atoms with Crippen LogP contribution in [0.25, 0.3) is 0 Å². The molecule has 2 aliphatic rings. The molecule has 15 heavy (non-hydrogen) atoms. The predicted molar refractivity (Wildman–Crippen MR) is 51.1 cm³/mol. The van der Waals surface area contributed by atoms with Gasteiger partial charge in [0.05, 0.1) is 24.4 Å². The van der Waals surface area contributed by atoms with Crippen LogP contribution in [0.4, 0.5) is 0 Å². The molecule has 1 aliphatic heterocycles. The van der Waals surface area contributed by atoms with E-state index < -0.39 is 23.6 Å². The van der Waals surface area contributed by atoms with Crippen molar-refractivity contribution in [3.63, 3.8) is 0 Å². The summed E-state index contributed by atoms with van der Waals surface area (Å²) in [6.45, 7) is 3.18. The van der Waals surface area contributed by atoms with E-state index in [4.69, 9.17) is 14.6 Å². The molecule has 2 fully saturated rings. The van der Waals surface area contributed by atoms with E-state index in [-0.39, 0.29) is 19.1 Å². The minimum atomic E-state index is -1.25. The fraction of sp³-hybridized carbons (Fsp3) is 1.00. The van der Waals surface area contributed by atoms with Crippen molar-refractivity contribution in [3.05, 3.63) is 0 Å². The summed E-state index contributed by atoms with van der Waals surface area (Å²) in [7, 11) is 0. The zero-order valence-corrected chi connectivity index (χ0v) is 9.01. The number of fused-ring (bicyclic) bond motifs is 1. The van der Waals surface area contributed by atoms with E-state index in [1.165, 1.54) is 0 Å². The van der Waals surface area contributed by atoms with E-state index in [2.05, 4.69) is 0 Å². The van der Waals surface area contributed by atoms with E-state index in [1.54, 1.807) is 13.8 Å². The highest BCUT2D eigenvalue weighted by Crippen LogP contribution is 2.40. The summed E-state index contributed by atoms with van der Waals surface area (Å²) in [5.41, 5.74) is -1.25. The van der Waals surface area contributed by atoms with Gasteiger partial charge in [0.15, 0.2) is 5.79 Å². The van der Waals surface area contributed by atoms with Crippen molar-refractivity contribution in [2.75, 3.05) is 6.61 Å². The lowest BCUT2D eigenvalue weighted by molar-refractivity contribution is -0.153. The second kappa shape index (κ2) is 3.40. The largest absolute Gasteiger partial charge is 0.393 e. The smallest absolute Gasteiger partial charge is 0.163 e. The Labute approximate surface area is 88.6 Å². The molecule has 3 N–H and O–H groups in total. The van der Waals surface area contributed by atoms with Gasteiger partial charge >= 0.3 is 0 Å². The third kappa shape index (κ3) is 2.03. The van der Waals surface area contributed by atoms with Crippen LogP contribution in [0.3, 0.4) is 0 Å². The zero-order chi connectivity index (χ0) is 11.3. The monoisotopic (exact) mass is 218 g/mol. The summed E-state index contributed by atoms with van der Waals surface area (Å²) < 4.78 is 11.1. The Kier molecular flexibility index (Phi) is 2.56. The van der Waals surface area contributed by atoms with Gasteiger partial charge in [-0.1, -0.05) is 0 Å². The third-order valence-electron chi connectivity index (χ3n) is 3.07. The molecule has 5 heteroatoms. The van der Waals surface area contributed by atoms with Gasteiger partial charge in [-0.05, 0) is 13.8 Å². The van der Waals surface area contributed by atoms with Gasteiger partial charge in [0.1, 0.15) is 6.10 Å². The van der Waals surface area contributed by atoms with E-state index in [0.29, 0.717) is 6.42 Å². The van der Waals surface area contributed by atoms with E-state index in [9.17, 15) is 10.2 Å². The van der Waals surface area contributed by atoms with Gasteiger partial charge in [-0.15, -0.1) is 0 Å². The van der Waals surface area contributed by atoms with Crippen molar-refractivity contribution < 1.29 is 24.8 Å². The number of aliphatic hydroxyl groups is 3. The van der Waals surface area contributed by atoms with Crippen molar-refractivity contribution in [1.29, 1.82) is 0 Å². The number of ether oxygens (including phenoxy) is 2. The quantitative estimate of drug-likeness (QED) is 0.547. The van der Waals surface area contributed by atoms with Crippen molar-refractivity contribution in [1.82, 2.24) is 0 Å². The van der Waals surface area contributed by atoms with Gasteiger partial charge in [-0.3, -0.25) is 0 Å². The van der Waals surface area contributed by atoms with Crippen LogP contribution in [-0.2, 0) is 9.47 Å². The maximum Gasteiger partial charge on any atom is 0.163 e. The van der Waals surface area contributed by atoms with E-state index >= 15 is 0 Å². The molecule has 1 saturated heterocycles. The maximum atomic E-state index is 9.92. The van der Waals surface area contributed by atoms with Crippen LogP contribution in [0, 0.1) is 0 Å². The third-order valence-corrected chi connectivity index (χ3v) is 3.07. The molecular formula is C10H18O5. The number of aliphatic hydroxyl groups excluding tert-OH is 2. The Bertz CT molecular complexity index is 254. The average Bonchev–Trinajstić information content (AvgIpc) is 2.40. The standard InChI is InChI=1S/C10H18O5/c1-9(2)14-7-4-10(13,5-11)3-6(12)8(7)15-9/h6-8,11-13H,3-5H2,1-2H3/t6-,7+,8-,10-/m0/s1. The molecule has 0 aromatic heterocycles. The summed E-state index contributed by atoms with van der Waals surface area (Å²) >= 11 is 0. The molecule has 0 unspecified atom stereocenters. The molecule has 1 heterocycles. The highest BCUT2D eigenvalue weighted by molar-refractivity contribution is 5.00. The molecule has 5 nitrogen and oxygen atoms in total. The summed E-state index contributed by atoms with van der Waals surface area (Å²) in [5.74, 6) is -0.725. The lowest BCUT2D eigenvalue weighted by Crippen LogP contribution is -2.52. The van der Waals surface area contributed by atoms with E-state index in [0.717, 1.165) is 0 Å². The molecule has 1 saturated carbocycles. The van der Waals surface area contributed by atoms with Crippen molar-refractivity contribution in [2.24, 2.45) is 0 Å². The maximum absolute atomic E-state index is 9.92. The topological polar surface area (TPSA) is 79.2 Å². The van der Waals surface area contributed by atoms with Gasteiger partial charge in [0.25, 0.3) is 0 Å². The first kappa shape index (κ1) is 11.3. The first-order valence-corrected chi connectivity index (χ1v) is 5.22.